The summed E-state index contributed by atoms with van der Waals surface area (Å²) in [6.45, 7) is 0.501. The number of amides is 1. The monoisotopic (exact) mass is 380 g/mol. The average molecular weight is 381 g/mol. The standard InChI is InChI=1S/C15H10Cl2N4O2S/c16-9-3-4-10(11(17)8-9)14(22)20-5-7-24-15-19-18-13(21(15)20)12-2-1-6-23-12/h1-4,6,8H,5,7H2. The van der Waals surface area contributed by atoms with Crippen molar-refractivity contribution in [2.24, 2.45) is 0 Å². The summed E-state index contributed by atoms with van der Waals surface area (Å²) in [5.74, 6) is 1.48. The van der Waals surface area contributed by atoms with Crippen LogP contribution in [-0.4, -0.2) is 33.1 Å². The Morgan fingerprint density at radius 2 is 2.12 bits per heavy atom. The van der Waals surface area contributed by atoms with Crippen molar-refractivity contribution in [3.05, 3.63) is 52.2 Å². The summed E-state index contributed by atoms with van der Waals surface area (Å²) >= 11 is 13.6. The first-order chi connectivity index (χ1) is 11.6. The third kappa shape index (κ3) is 2.58. The lowest BCUT2D eigenvalue weighted by Crippen LogP contribution is -2.45. The molecule has 0 saturated heterocycles. The average Bonchev–Trinajstić information content (AvgIpc) is 3.23. The van der Waals surface area contributed by atoms with Gasteiger partial charge < -0.3 is 4.42 Å². The SMILES string of the molecule is O=C(c1ccc(Cl)cc1Cl)N1CCSc2nnc(-c3ccco3)n21. The van der Waals surface area contributed by atoms with Gasteiger partial charge in [-0.05, 0) is 30.3 Å². The molecule has 9 heteroatoms. The number of benzene rings is 1. The highest BCUT2D eigenvalue weighted by Crippen LogP contribution is 2.30. The lowest BCUT2D eigenvalue weighted by molar-refractivity contribution is 0.0956. The predicted molar refractivity (Wildman–Crippen MR) is 92.3 cm³/mol. The van der Waals surface area contributed by atoms with Gasteiger partial charge in [0.15, 0.2) is 5.76 Å². The number of fused-ring (bicyclic) bond motifs is 1. The van der Waals surface area contributed by atoms with E-state index in [0.29, 0.717) is 44.6 Å². The number of carbonyl (C=O) groups is 1. The van der Waals surface area contributed by atoms with Gasteiger partial charge in [-0.1, -0.05) is 35.0 Å². The van der Waals surface area contributed by atoms with Gasteiger partial charge in [0.05, 0.1) is 23.4 Å². The number of hydrogen-bond donors (Lipinski definition) is 0. The fourth-order valence-electron chi connectivity index (χ4n) is 2.45. The van der Waals surface area contributed by atoms with Crippen molar-refractivity contribution in [1.82, 2.24) is 14.9 Å². The number of hydrogen-bond acceptors (Lipinski definition) is 5. The highest BCUT2D eigenvalue weighted by atomic mass is 35.5. The topological polar surface area (TPSA) is 64.2 Å². The van der Waals surface area contributed by atoms with Crippen molar-refractivity contribution in [2.75, 3.05) is 17.3 Å². The minimum Gasteiger partial charge on any atom is -0.461 e. The van der Waals surface area contributed by atoms with Crippen molar-refractivity contribution in [3.8, 4) is 11.6 Å². The second-order valence-electron chi connectivity index (χ2n) is 5.00. The molecule has 3 aromatic rings. The second kappa shape index (κ2) is 6.16. The fraction of sp³-hybridized carbons (Fsp3) is 0.133. The Kier molecular flexibility index (Phi) is 3.99. The highest BCUT2D eigenvalue weighted by molar-refractivity contribution is 7.99. The molecule has 0 fully saturated rings. The predicted octanol–water partition coefficient (Wildman–Crippen LogP) is 3.73. The van der Waals surface area contributed by atoms with E-state index in [2.05, 4.69) is 10.2 Å². The lowest BCUT2D eigenvalue weighted by Gasteiger charge is -2.29. The van der Waals surface area contributed by atoms with Crippen LogP contribution >= 0.6 is 35.0 Å². The fourth-order valence-corrected chi connectivity index (χ4v) is 3.79. The van der Waals surface area contributed by atoms with Crippen LogP contribution in [0.1, 0.15) is 10.4 Å². The van der Waals surface area contributed by atoms with Crippen LogP contribution in [-0.2, 0) is 0 Å². The molecule has 0 spiro atoms. The van der Waals surface area contributed by atoms with Crippen molar-refractivity contribution in [1.29, 1.82) is 0 Å². The maximum atomic E-state index is 13.0. The van der Waals surface area contributed by atoms with Crippen molar-refractivity contribution < 1.29 is 9.21 Å². The van der Waals surface area contributed by atoms with Crippen molar-refractivity contribution in [2.45, 2.75) is 5.16 Å². The largest absolute Gasteiger partial charge is 0.461 e. The Labute approximate surface area is 151 Å². The molecule has 0 saturated carbocycles. The Balaban J connectivity index is 1.79. The van der Waals surface area contributed by atoms with Crippen LogP contribution in [0.5, 0.6) is 0 Å². The molecule has 1 amide bonds. The number of halogens is 2. The van der Waals surface area contributed by atoms with E-state index in [1.807, 2.05) is 0 Å². The molecule has 24 heavy (non-hydrogen) atoms. The first kappa shape index (κ1) is 15.6. The highest BCUT2D eigenvalue weighted by Gasteiger charge is 2.30. The number of carbonyl (C=O) groups excluding carboxylic acids is 1. The zero-order chi connectivity index (χ0) is 16.7. The third-order valence-corrected chi connectivity index (χ3v) is 4.97. The van der Waals surface area contributed by atoms with E-state index < -0.39 is 0 Å². The quantitative estimate of drug-likeness (QED) is 0.677. The zero-order valence-electron chi connectivity index (χ0n) is 12.1. The smallest absolute Gasteiger partial charge is 0.274 e. The van der Waals surface area contributed by atoms with Gasteiger partial charge in [-0.2, -0.15) is 0 Å². The van der Waals surface area contributed by atoms with Gasteiger partial charge in [-0.3, -0.25) is 4.79 Å². The van der Waals surface area contributed by atoms with E-state index in [0.717, 1.165) is 0 Å². The van der Waals surface area contributed by atoms with Crippen LogP contribution in [0.15, 0.2) is 46.2 Å². The molecule has 0 bridgehead atoms. The van der Waals surface area contributed by atoms with Gasteiger partial charge in [-0.25, -0.2) is 9.69 Å². The summed E-state index contributed by atoms with van der Waals surface area (Å²) in [6.07, 6.45) is 1.55. The van der Waals surface area contributed by atoms with E-state index in [9.17, 15) is 4.79 Å². The minimum absolute atomic E-state index is 0.245. The molecule has 0 atom stereocenters. The Hall–Kier alpha value is -1.96. The van der Waals surface area contributed by atoms with Crippen LogP contribution in [0.2, 0.25) is 10.0 Å². The van der Waals surface area contributed by atoms with Crippen molar-refractivity contribution >= 4 is 40.9 Å². The van der Waals surface area contributed by atoms with E-state index in [4.69, 9.17) is 27.6 Å². The Morgan fingerprint density at radius 1 is 1.25 bits per heavy atom. The normalized spacial score (nSPS) is 13.8. The van der Waals surface area contributed by atoms with Gasteiger partial charge in [0, 0.05) is 10.8 Å². The molecule has 3 heterocycles. The molecule has 4 rings (SSSR count). The summed E-state index contributed by atoms with van der Waals surface area (Å²) in [6, 6.07) is 8.34. The number of furan rings is 1. The lowest BCUT2D eigenvalue weighted by atomic mass is 10.2. The molecule has 1 aliphatic heterocycles. The number of rotatable bonds is 2. The number of thioether (sulfide) groups is 1. The molecule has 1 aromatic carbocycles. The zero-order valence-corrected chi connectivity index (χ0v) is 14.5. The minimum atomic E-state index is -0.245. The van der Waals surface area contributed by atoms with Crippen molar-refractivity contribution in [3.63, 3.8) is 0 Å². The van der Waals surface area contributed by atoms with Crippen LogP contribution < -0.4 is 5.01 Å². The number of aromatic nitrogens is 3. The molecular weight excluding hydrogens is 371 g/mol. The van der Waals surface area contributed by atoms with E-state index in [1.54, 1.807) is 46.3 Å². The molecule has 0 radical (unpaired) electrons. The summed E-state index contributed by atoms with van der Waals surface area (Å²) < 4.78 is 7.07. The van der Waals surface area contributed by atoms with E-state index >= 15 is 0 Å². The van der Waals surface area contributed by atoms with Crippen LogP contribution in [0.4, 0.5) is 0 Å². The number of nitrogens with zero attached hydrogens (tertiary/aromatic N) is 4. The van der Waals surface area contributed by atoms with Crippen LogP contribution in [0.3, 0.4) is 0 Å². The van der Waals surface area contributed by atoms with Crippen LogP contribution in [0, 0.1) is 0 Å². The second-order valence-corrected chi connectivity index (χ2v) is 6.90. The molecule has 2 aromatic heterocycles. The van der Waals surface area contributed by atoms with Gasteiger partial charge in [-0.15, -0.1) is 10.2 Å². The first-order valence-corrected chi connectivity index (χ1v) is 8.78. The molecule has 1 aliphatic rings. The van der Waals surface area contributed by atoms with Gasteiger partial charge in [0.2, 0.25) is 11.0 Å². The van der Waals surface area contributed by atoms with Gasteiger partial charge in [0.25, 0.3) is 5.91 Å². The molecule has 6 nitrogen and oxygen atoms in total. The molecule has 0 aliphatic carbocycles. The first-order valence-electron chi connectivity index (χ1n) is 7.04. The summed E-state index contributed by atoms with van der Waals surface area (Å²) in [5, 5.41) is 11.3. The Morgan fingerprint density at radius 3 is 2.88 bits per heavy atom. The van der Waals surface area contributed by atoms with E-state index in [-0.39, 0.29) is 5.91 Å². The third-order valence-electron chi connectivity index (χ3n) is 3.53. The van der Waals surface area contributed by atoms with Crippen LogP contribution in [0.25, 0.3) is 11.6 Å². The maximum Gasteiger partial charge on any atom is 0.274 e. The summed E-state index contributed by atoms with van der Waals surface area (Å²) in [4.78, 5) is 13.0. The maximum absolute atomic E-state index is 13.0. The molecule has 122 valence electrons. The van der Waals surface area contributed by atoms with Gasteiger partial charge >= 0.3 is 0 Å². The summed E-state index contributed by atoms with van der Waals surface area (Å²) in [5.41, 5.74) is 0.373. The van der Waals surface area contributed by atoms with E-state index in [1.165, 1.54) is 11.8 Å². The van der Waals surface area contributed by atoms with Gasteiger partial charge in [0.1, 0.15) is 0 Å². The molecule has 0 unspecified atom stereocenters. The Bertz CT molecular complexity index is 910. The molecular formula is C15H10Cl2N4O2S. The molecule has 0 N–H and O–H groups in total. The summed E-state index contributed by atoms with van der Waals surface area (Å²) in [7, 11) is 0.